The van der Waals surface area contributed by atoms with Crippen LogP contribution in [0.15, 0.2) is 30.5 Å². The van der Waals surface area contributed by atoms with Crippen molar-refractivity contribution < 1.29 is 19.4 Å². The molecule has 0 saturated heterocycles. The van der Waals surface area contributed by atoms with Crippen LogP contribution >= 0.6 is 0 Å². The van der Waals surface area contributed by atoms with Crippen LogP contribution in [0.1, 0.15) is 61.8 Å². The average molecular weight is 415 g/mol. The Kier molecular flexibility index (Phi) is 7.73. The number of urea groups is 1. The SMILES string of the molecule is CCCCC(O)c1ccc(NC(=O)N2CCCc3ccc(C(OC)OC)nc32)nc1. The van der Waals surface area contributed by atoms with E-state index in [2.05, 4.69) is 22.2 Å². The maximum Gasteiger partial charge on any atom is 0.328 e. The van der Waals surface area contributed by atoms with Crippen LogP contribution in [-0.2, 0) is 15.9 Å². The molecule has 162 valence electrons. The van der Waals surface area contributed by atoms with Gasteiger partial charge in [-0.1, -0.05) is 31.9 Å². The smallest absolute Gasteiger partial charge is 0.328 e. The van der Waals surface area contributed by atoms with Crippen molar-refractivity contribution in [1.82, 2.24) is 9.97 Å². The van der Waals surface area contributed by atoms with Gasteiger partial charge in [0.1, 0.15) is 11.6 Å². The molecule has 2 aromatic rings. The summed E-state index contributed by atoms with van der Waals surface area (Å²) in [6, 6.07) is 7.04. The number of nitrogens with zero attached hydrogens (tertiary/aromatic N) is 3. The van der Waals surface area contributed by atoms with Gasteiger partial charge in [-0.25, -0.2) is 14.8 Å². The zero-order chi connectivity index (χ0) is 21.5. The Balaban J connectivity index is 1.73. The van der Waals surface area contributed by atoms with Gasteiger partial charge in [0, 0.05) is 27.0 Å². The van der Waals surface area contributed by atoms with Gasteiger partial charge in [0.15, 0.2) is 0 Å². The highest BCUT2D eigenvalue weighted by atomic mass is 16.7. The van der Waals surface area contributed by atoms with E-state index in [9.17, 15) is 9.90 Å². The standard InChI is InChI=1S/C22H30N4O4/c1-4-5-8-18(27)16-10-12-19(23-14-16)25-22(28)26-13-6-7-15-9-11-17(24-20(15)26)21(29-2)30-3/h9-12,14,18,21,27H,4-8,13H2,1-3H3,(H,23,25,28). The number of carbonyl (C=O) groups is 1. The fraction of sp³-hybridized carbons (Fsp3) is 0.500. The number of aliphatic hydroxyl groups excluding tert-OH is 1. The zero-order valence-electron chi connectivity index (χ0n) is 17.8. The van der Waals surface area contributed by atoms with Gasteiger partial charge in [-0.05, 0) is 42.5 Å². The van der Waals surface area contributed by atoms with Crippen molar-refractivity contribution in [3.63, 3.8) is 0 Å². The molecule has 2 N–H and O–H groups in total. The van der Waals surface area contributed by atoms with Gasteiger partial charge in [-0.15, -0.1) is 0 Å². The lowest BCUT2D eigenvalue weighted by atomic mass is 10.1. The van der Waals surface area contributed by atoms with E-state index < -0.39 is 12.4 Å². The number of aryl methyl sites for hydroxylation is 1. The molecule has 2 amide bonds. The van der Waals surface area contributed by atoms with E-state index in [1.54, 1.807) is 37.4 Å². The fourth-order valence-corrected chi connectivity index (χ4v) is 3.54. The Hall–Kier alpha value is -2.55. The Morgan fingerprint density at radius 1 is 1.27 bits per heavy atom. The van der Waals surface area contributed by atoms with Crippen LogP contribution in [0.25, 0.3) is 0 Å². The number of amides is 2. The van der Waals surface area contributed by atoms with Crippen molar-refractivity contribution in [2.24, 2.45) is 0 Å². The highest BCUT2D eigenvalue weighted by molar-refractivity contribution is 6.01. The number of hydrogen-bond acceptors (Lipinski definition) is 6. The van der Waals surface area contributed by atoms with Crippen LogP contribution in [0.3, 0.4) is 0 Å². The molecule has 0 aromatic carbocycles. The first-order valence-corrected chi connectivity index (χ1v) is 10.3. The first-order valence-electron chi connectivity index (χ1n) is 10.3. The van der Waals surface area contributed by atoms with E-state index >= 15 is 0 Å². The quantitative estimate of drug-likeness (QED) is 0.634. The number of methoxy groups -OCH3 is 2. The predicted octanol–water partition coefficient (Wildman–Crippen LogP) is 3.98. The lowest BCUT2D eigenvalue weighted by Crippen LogP contribution is -2.39. The van der Waals surface area contributed by atoms with Crippen LogP contribution < -0.4 is 10.2 Å². The highest BCUT2D eigenvalue weighted by Gasteiger charge is 2.26. The molecule has 0 saturated carbocycles. The normalized spacial score (nSPS) is 14.5. The molecule has 0 fully saturated rings. The Labute approximate surface area is 177 Å². The van der Waals surface area contributed by atoms with Gasteiger partial charge in [0.25, 0.3) is 0 Å². The van der Waals surface area contributed by atoms with E-state index in [0.717, 1.165) is 36.8 Å². The number of hydrogen-bond donors (Lipinski definition) is 2. The molecule has 1 atom stereocenters. The fourth-order valence-electron chi connectivity index (χ4n) is 3.54. The molecule has 3 rings (SSSR count). The summed E-state index contributed by atoms with van der Waals surface area (Å²) in [6.45, 7) is 2.65. The largest absolute Gasteiger partial charge is 0.388 e. The number of rotatable bonds is 8. The summed E-state index contributed by atoms with van der Waals surface area (Å²) in [6.07, 6.45) is 4.89. The van der Waals surface area contributed by atoms with Crippen molar-refractivity contribution in [3.8, 4) is 0 Å². The second-order valence-corrected chi connectivity index (χ2v) is 7.34. The van der Waals surface area contributed by atoms with Crippen LogP contribution in [0.5, 0.6) is 0 Å². The van der Waals surface area contributed by atoms with Gasteiger partial charge in [-0.3, -0.25) is 10.2 Å². The molecule has 3 heterocycles. The molecule has 1 aliphatic heterocycles. The summed E-state index contributed by atoms with van der Waals surface area (Å²) in [5.74, 6) is 1.04. The summed E-state index contributed by atoms with van der Waals surface area (Å²) in [7, 11) is 3.10. The van der Waals surface area contributed by atoms with Gasteiger partial charge >= 0.3 is 6.03 Å². The average Bonchev–Trinajstić information content (AvgIpc) is 2.78. The van der Waals surface area contributed by atoms with Crippen LogP contribution in [0.2, 0.25) is 0 Å². The number of aliphatic hydroxyl groups is 1. The molecule has 0 radical (unpaired) electrons. The highest BCUT2D eigenvalue weighted by Crippen LogP contribution is 2.28. The molecule has 30 heavy (non-hydrogen) atoms. The molecule has 1 aliphatic rings. The number of pyridine rings is 2. The number of aromatic nitrogens is 2. The second kappa shape index (κ2) is 10.5. The third kappa shape index (κ3) is 5.13. The zero-order valence-corrected chi connectivity index (χ0v) is 17.8. The number of anilines is 2. The van der Waals surface area contributed by atoms with Crippen LogP contribution in [0, 0.1) is 0 Å². The summed E-state index contributed by atoms with van der Waals surface area (Å²) < 4.78 is 10.6. The van der Waals surface area contributed by atoms with Crippen LogP contribution in [0.4, 0.5) is 16.4 Å². The molecular formula is C22H30N4O4. The Bertz CT molecular complexity index is 840. The number of unbranched alkanes of at least 4 members (excludes halogenated alkanes) is 1. The molecular weight excluding hydrogens is 384 g/mol. The summed E-state index contributed by atoms with van der Waals surface area (Å²) in [5.41, 5.74) is 2.37. The van der Waals surface area contributed by atoms with Gasteiger partial charge in [0.2, 0.25) is 6.29 Å². The third-order valence-corrected chi connectivity index (χ3v) is 5.21. The van der Waals surface area contributed by atoms with Crippen molar-refractivity contribution in [2.75, 3.05) is 31.0 Å². The Morgan fingerprint density at radius 3 is 2.73 bits per heavy atom. The third-order valence-electron chi connectivity index (χ3n) is 5.21. The topological polar surface area (TPSA) is 96.8 Å². The monoisotopic (exact) mass is 414 g/mol. The van der Waals surface area contributed by atoms with Gasteiger partial charge in [0.05, 0.1) is 11.8 Å². The number of nitrogens with one attached hydrogen (secondary N) is 1. The first-order chi connectivity index (χ1) is 14.6. The van der Waals surface area contributed by atoms with Crippen molar-refractivity contribution in [1.29, 1.82) is 0 Å². The minimum absolute atomic E-state index is 0.293. The molecule has 0 spiro atoms. The lowest BCUT2D eigenvalue weighted by Gasteiger charge is -2.29. The number of fused-ring (bicyclic) bond motifs is 1. The van der Waals surface area contributed by atoms with Crippen molar-refractivity contribution >= 4 is 17.7 Å². The molecule has 0 bridgehead atoms. The molecule has 0 aliphatic carbocycles. The Morgan fingerprint density at radius 2 is 2.07 bits per heavy atom. The van der Waals surface area contributed by atoms with E-state index in [0.29, 0.717) is 30.3 Å². The molecule has 1 unspecified atom stereocenters. The summed E-state index contributed by atoms with van der Waals surface area (Å²) in [5, 5.41) is 13.0. The predicted molar refractivity (Wildman–Crippen MR) is 114 cm³/mol. The summed E-state index contributed by atoms with van der Waals surface area (Å²) >= 11 is 0. The van der Waals surface area contributed by atoms with Gasteiger partial charge < -0.3 is 14.6 Å². The van der Waals surface area contributed by atoms with Crippen molar-refractivity contribution in [3.05, 3.63) is 47.3 Å². The maximum atomic E-state index is 12.9. The summed E-state index contributed by atoms with van der Waals surface area (Å²) in [4.78, 5) is 23.5. The van der Waals surface area contributed by atoms with E-state index in [1.165, 1.54) is 0 Å². The lowest BCUT2D eigenvalue weighted by molar-refractivity contribution is -0.108. The van der Waals surface area contributed by atoms with E-state index in [4.69, 9.17) is 9.47 Å². The van der Waals surface area contributed by atoms with Crippen LogP contribution in [-0.4, -0.2) is 41.9 Å². The number of ether oxygens (including phenoxy) is 2. The molecule has 8 nitrogen and oxygen atoms in total. The van der Waals surface area contributed by atoms with E-state index in [-0.39, 0.29) is 6.03 Å². The van der Waals surface area contributed by atoms with Crippen molar-refractivity contribution in [2.45, 2.75) is 51.4 Å². The minimum Gasteiger partial charge on any atom is -0.388 e. The van der Waals surface area contributed by atoms with Gasteiger partial charge in [-0.2, -0.15) is 0 Å². The minimum atomic E-state index is -0.588. The maximum absolute atomic E-state index is 12.9. The number of carbonyl (C=O) groups excluding carboxylic acids is 1. The first kappa shape index (κ1) is 22.1. The molecule has 2 aromatic heterocycles. The molecule has 8 heteroatoms. The second-order valence-electron chi connectivity index (χ2n) is 7.34. The van der Waals surface area contributed by atoms with E-state index in [1.807, 2.05) is 12.1 Å².